The van der Waals surface area contributed by atoms with E-state index in [2.05, 4.69) is 45.1 Å². The third-order valence-electron chi connectivity index (χ3n) is 3.38. The zero-order valence-corrected chi connectivity index (χ0v) is 11.1. The van der Waals surface area contributed by atoms with Crippen LogP contribution in [0, 0.1) is 5.92 Å². The number of nitrogens with two attached hydrogens (primary N) is 1. The molecule has 1 heterocycles. The second-order valence-electron chi connectivity index (χ2n) is 4.46. The molecule has 2 rings (SSSR count). The second-order valence-corrected chi connectivity index (χ2v) is 5.31. The predicted octanol–water partition coefficient (Wildman–Crippen LogP) is 3.01. The van der Waals surface area contributed by atoms with Crippen molar-refractivity contribution in [2.24, 2.45) is 11.7 Å². The maximum absolute atomic E-state index is 5.61. The molecule has 1 aliphatic heterocycles. The van der Waals surface area contributed by atoms with E-state index in [1.165, 1.54) is 29.4 Å². The summed E-state index contributed by atoms with van der Waals surface area (Å²) in [5.41, 5.74) is 6.94. The molecule has 0 radical (unpaired) electrons. The Kier molecular flexibility index (Phi) is 4.24. The number of rotatable bonds is 3. The molecule has 0 spiro atoms. The van der Waals surface area contributed by atoms with Crippen LogP contribution in [-0.2, 0) is 0 Å². The van der Waals surface area contributed by atoms with Crippen molar-refractivity contribution in [2.45, 2.75) is 19.3 Å². The van der Waals surface area contributed by atoms with Gasteiger partial charge in [0.15, 0.2) is 0 Å². The summed E-state index contributed by atoms with van der Waals surface area (Å²) in [4.78, 5) is 2.47. The lowest BCUT2D eigenvalue weighted by molar-refractivity contribution is 0.386. The highest BCUT2D eigenvalue weighted by atomic mass is 79.9. The van der Waals surface area contributed by atoms with Crippen molar-refractivity contribution in [1.29, 1.82) is 0 Å². The molecule has 3 heteroatoms. The fourth-order valence-corrected chi connectivity index (χ4v) is 2.94. The van der Waals surface area contributed by atoms with Gasteiger partial charge in [-0.15, -0.1) is 0 Å². The summed E-state index contributed by atoms with van der Waals surface area (Å²) in [7, 11) is 0. The van der Waals surface area contributed by atoms with Gasteiger partial charge in [-0.25, -0.2) is 0 Å². The van der Waals surface area contributed by atoms with Crippen molar-refractivity contribution in [3.63, 3.8) is 0 Å². The van der Waals surface area contributed by atoms with E-state index >= 15 is 0 Å². The average Bonchev–Trinajstić information content (AvgIpc) is 2.31. The van der Waals surface area contributed by atoms with E-state index in [0.29, 0.717) is 0 Å². The number of anilines is 1. The van der Waals surface area contributed by atoms with Crippen molar-refractivity contribution in [3.05, 3.63) is 28.7 Å². The van der Waals surface area contributed by atoms with E-state index in [4.69, 9.17) is 5.73 Å². The van der Waals surface area contributed by atoms with E-state index in [0.717, 1.165) is 25.6 Å². The van der Waals surface area contributed by atoms with Crippen LogP contribution in [0.1, 0.15) is 19.3 Å². The van der Waals surface area contributed by atoms with Crippen molar-refractivity contribution in [3.8, 4) is 0 Å². The monoisotopic (exact) mass is 282 g/mol. The molecule has 1 aliphatic rings. The number of piperidine rings is 1. The summed E-state index contributed by atoms with van der Waals surface area (Å²) in [6.45, 7) is 3.15. The Morgan fingerprint density at radius 2 is 1.94 bits per heavy atom. The van der Waals surface area contributed by atoms with Gasteiger partial charge in [0.05, 0.1) is 5.69 Å². The highest BCUT2D eigenvalue weighted by Gasteiger charge is 2.19. The van der Waals surface area contributed by atoms with Crippen LogP contribution in [0.4, 0.5) is 5.69 Å². The Hall–Kier alpha value is -0.540. The van der Waals surface area contributed by atoms with E-state index < -0.39 is 0 Å². The van der Waals surface area contributed by atoms with Gasteiger partial charge >= 0.3 is 0 Å². The molecule has 0 aromatic heterocycles. The Labute approximate surface area is 106 Å². The zero-order chi connectivity index (χ0) is 11.4. The molecule has 1 saturated heterocycles. The first-order valence-corrected chi connectivity index (χ1v) is 6.80. The van der Waals surface area contributed by atoms with Crippen molar-refractivity contribution < 1.29 is 0 Å². The third-order valence-corrected chi connectivity index (χ3v) is 4.05. The minimum atomic E-state index is 0.833. The molecule has 16 heavy (non-hydrogen) atoms. The molecule has 0 amide bonds. The van der Waals surface area contributed by atoms with Crippen LogP contribution in [0.2, 0.25) is 0 Å². The topological polar surface area (TPSA) is 29.3 Å². The van der Waals surface area contributed by atoms with Crippen LogP contribution in [0.15, 0.2) is 28.7 Å². The fraction of sp³-hybridized carbons (Fsp3) is 0.538. The van der Waals surface area contributed by atoms with Gasteiger partial charge in [0, 0.05) is 17.6 Å². The van der Waals surface area contributed by atoms with E-state index in [1.807, 2.05) is 0 Å². The lowest BCUT2D eigenvalue weighted by Gasteiger charge is -2.34. The van der Waals surface area contributed by atoms with Crippen LogP contribution < -0.4 is 10.6 Å². The second kappa shape index (κ2) is 5.69. The molecule has 0 unspecified atom stereocenters. The van der Waals surface area contributed by atoms with Gasteiger partial charge in [0.1, 0.15) is 0 Å². The number of halogens is 1. The lowest BCUT2D eigenvalue weighted by Crippen LogP contribution is -2.34. The number of para-hydroxylation sites is 1. The molecule has 1 aromatic rings. The highest BCUT2D eigenvalue weighted by molar-refractivity contribution is 9.10. The van der Waals surface area contributed by atoms with Gasteiger partial charge in [-0.2, -0.15) is 0 Å². The van der Waals surface area contributed by atoms with Crippen LogP contribution in [0.5, 0.6) is 0 Å². The number of benzene rings is 1. The molecular formula is C13H19BrN2. The predicted molar refractivity (Wildman–Crippen MR) is 72.8 cm³/mol. The first kappa shape index (κ1) is 11.9. The first-order valence-electron chi connectivity index (χ1n) is 6.01. The van der Waals surface area contributed by atoms with Crippen LogP contribution >= 0.6 is 15.9 Å². The molecule has 2 N–H and O–H groups in total. The summed E-state index contributed by atoms with van der Waals surface area (Å²) in [5.74, 6) is 0.837. The van der Waals surface area contributed by atoms with E-state index in [-0.39, 0.29) is 0 Å². The minimum absolute atomic E-state index is 0.833. The lowest BCUT2D eigenvalue weighted by atomic mass is 9.93. The van der Waals surface area contributed by atoms with Crippen LogP contribution in [-0.4, -0.2) is 19.6 Å². The number of nitrogens with zero attached hydrogens (tertiary/aromatic N) is 1. The molecule has 1 fully saturated rings. The van der Waals surface area contributed by atoms with Gasteiger partial charge < -0.3 is 10.6 Å². The summed E-state index contributed by atoms with van der Waals surface area (Å²) in [6.07, 6.45) is 3.74. The Morgan fingerprint density at radius 3 is 2.56 bits per heavy atom. The molecule has 88 valence electrons. The molecule has 2 nitrogen and oxygen atoms in total. The van der Waals surface area contributed by atoms with Gasteiger partial charge in [0.25, 0.3) is 0 Å². The van der Waals surface area contributed by atoms with Gasteiger partial charge in [-0.1, -0.05) is 12.1 Å². The Bertz CT molecular complexity index is 332. The molecule has 0 bridgehead atoms. The molecule has 0 atom stereocenters. The highest BCUT2D eigenvalue weighted by Crippen LogP contribution is 2.30. The van der Waals surface area contributed by atoms with Gasteiger partial charge in [-0.05, 0) is 59.8 Å². The minimum Gasteiger partial charge on any atom is -0.371 e. The van der Waals surface area contributed by atoms with Gasteiger partial charge in [-0.3, -0.25) is 0 Å². The maximum Gasteiger partial charge on any atom is 0.0510 e. The normalized spacial score (nSPS) is 17.8. The van der Waals surface area contributed by atoms with Crippen molar-refractivity contribution in [2.75, 3.05) is 24.5 Å². The standard InChI is InChI=1S/C13H19BrN2/c14-12-3-1-2-4-13(12)16-9-6-11(5-8-15)7-10-16/h1-4,11H,5-10,15H2. The average molecular weight is 283 g/mol. The van der Waals surface area contributed by atoms with Crippen LogP contribution in [0.25, 0.3) is 0 Å². The molecule has 0 aliphatic carbocycles. The zero-order valence-electron chi connectivity index (χ0n) is 9.53. The van der Waals surface area contributed by atoms with Crippen LogP contribution in [0.3, 0.4) is 0 Å². The summed E-state index contributed by atoms with van der Waals surface area (Å²) >= 11 is 3.62. The number of hydrogen-bond acceptors (Lipinski definition) is 2. The van der Waals surface area contributed by atoms with Crippen molar-refractivity contribution in [1.82, 2.24) is 0 Å². The molecular weight excluding hydrogens is 264 g/mol. The maximum atomic E-state index is 5.61. The third kappa shape index (κ3) is 2.77. The SMILES string of the molecule is NCCC1CCN(c2ccccc2Br)CC1. The first-order chi connectivity index (χ1) is 7.81. The smallest absolute Gasteiger partial charge is 0.0510 e. The summed E-state index contributed by atoms with van der Waals surface area (Å²) < 4.78 is 1.20. The Balaban J connectivity index is 1.96. The van der Waals surface area contributed by atoms with Gasteiger partial charge in [0.2, 0.25) is 0 Å². The summed E-state index contributed by atoms with van der Waals surface area (Å²) in [5, 5.41) is 0. The fourth-order valence-electron chi connectivity index (χ4n) is 2.41. The van der Waals surface area contributed by atoms with E-state index in [1.54, 1.807) is 0 Å². The van der Waals surface area contributed by atoms with Crippen molar-refractivity contribution >= 4 is 21.6 Å². The largest absolute Gasteiger partial charge is 0.371 e. The molecule has 1 aromatic carbocycles. The molecule has 0 saturated carbocycles. The number of hydrogen-bond donors (Lipinski definition) is 1. The quantitative estimate of drug-likeness (QED) is 0.924. The Morgan fingerprint density at radius 1 is 1.25 bits per heavy atom. The van der Waals surface area contributed by atoms with E-state index in [9.17, 15) is 0 Å². The summed E-state index contributed by atoms with van der Waals surface area (Å²) in [6, 6.07) is 8.47.